The molecule has 1 aliphatic rings. The fraction of sp³-hybridized carbons (Fsp3) is 0.438. The second-order valence-corrected chi connectivity index (χ2v) is 5.13. The summed E-state index contributed by atoms with van der Waals surface area (Å²) in [5.74, 6) is -1.67. The SMILES string of the molecule is C=CCC(=O)O[C@H]1CC[C@H](c2ccc(F)c(F)c2)CC1. The van der Waals surface area contributed by atoms with E-state index in [4.69, 9.17) is 4.74 Å². The molecule has 0 unspecified atom stereocenters. The van der Waals surface area contributed by atoms with E-state index in [1.165, 1.54) is 18.2 Å². The third-order valence-electron chi connectivity index (χ3n) is 3.70. The second-order valence-electron chi connectivity index (χ2n) is 5.13. The van der Waals surface area contributed by atoms with Crippen molar-refractivity contribution >= 4 is 5.97 Å². The maximum absolute atomic E-state index is 13.2. The Morgan fingerprint density at radius 3 is 2.55 bits per heavy atom. The summed E-state index contributed by atoms with van der Waals surface area (Å²) in [6, 6.07) is 4.07. The van der Waals surface area contributed by atoms with Gasteiger partial charge in [0.1, 0.15) is 6.10 Å². The highest BCUT2D eigenvalue weighted by molar-refractivity contribution is 5.71. The van der Waals surface area contributed by atoms with Crippen molar-refractivity contribution < 1.29 is 18.3 Å². The van der Waals surface area contributed by atoms with Gasteiger partial charge in [-0.05, 0) is 49.3 Å². The number of hydrogen-bond acceptors (Lipinski definition) is 2. The third kappa shape index (κ3) is 3.65. The van der Waals surface area contributed by atoms with Crippen molar-refractivity contribution in [2.75, 3.05) is 0 Å². The highest BCUT2D eigenvalue weighted by Crippen LogP contribution is 2.34. The van der Waals surface area contributed by atoms with Crippen molar-refractivity contribution in [2.45, 2.75) is 44.1 Å². The Hall–Kier alpha value is -1.71. The number of hydrogen-bond donors (Lipinski definition) is 0. The molecule has 1 aromatic carbocycles. The van der Waals surface area contributed by atoms with Gasteiger partial charge >= 0.3 is 5.97 Å². The van der Waals surface area contributed by atoms with Crippen molar-refractivity contribution in [3.05, 3.63) is 48.1 Å². The third-order valence-corrected chi connectivity index (χ3v) is 3.70. The maximum atomic E-state index is 13.2. The minimum Gasteiger partial charge on any atom is -0.462 e. The number of carbonyl (C=O) groups excluding carboxylic acids is 1. The monoisotopic (exact) mass is 280 g/mol. The van der Waals surface area contributed by atoms with Gasteiger partial charge < -0.3 is 4.74 Å². The number of esters is 1. The first-order valence-electron chi connectivity index (χ1n) is 6.85. The summed E-state index contributed by atoms with van der Waals surface area (Å²) in [5.41, 5.74) is 0.819. The topological polar surface area (TPSA) is 26.3 Å². The molecule has 0 radical (unpaired) electrons. The quantitative estimate of drug-likeness (QED) is 0.613. The zero-order valence-electron chi connectivity index (χ0n) is 11.3. The minimum absolute atomic E-state index is 0.0657. The minimum atomic E-state index is -0.819. The van der Waals surface area contributed by atoms with Crippen LogP contribution in [0.5, 0.6) is 0 Å². The van der Waals surface area contributed by atoms with E-state index < -0.39 is 11.6 Å². The summed E-state index contributed by atoms with van der Waals surface area (Å²) in [4.78, 5) is 11.4. The van der Waals surface area contributed by atoms with E-state index >= 15 is 0 Å². The van der Waals surface area contributed by atoms with E-state index in [2.05, 4.69) is 6.58 Å². The lowest BCUT2D eigenvalue weighted by Crippen LogP contribution is -2.23. The lowest BCUT2D eigenvalue weighted by atomic mass is 9.82. The van der Waals surface area contributed by atoms with E-state index in [9.17, 15) is 13.6 Å². The molecular formula is C16H18F2O2. The maximum Gasteiger partial charge on any atom is 0.309 e. The molecule has 0 bridgehead atoms. The summed E-state index contributed by atoms with van der Waals surface area (Å²) in [6.07, 6.45) is 4.83. The highest BCUT2D eigenvalue weighted by atomic mass is 19.2. The molecule has 2 nitrogen and oxygen atoms in total. The van der Waals surface area contributed by atoms with Gasteiger partial charge in [0.05, 0.1) is 6.42 Å². The average molecular weight is 280 g/mol. The Labute approximate surface area is 117 Å². The van der Waals surface area contributed by atoms with Crippen molar-refractivity contribution in [3.63, 3.8) is 0 Å². The standard InChI is InChI=1S/C16H18F2O2/c1-2-3-16(19)20-13-7-4-11(5-8-13)12-6-9-14(17)15(18)10-12/h2,6,9-11,13H,1,3-5,7-8H2/t11-,13-. The molecule has 0 aliphatic heterocycles. The van der Waals surface area contributed by atoms with Crippen LogP contribution in [0.2, 0.25) is 0 Å². The lowest BCUT2D eigenvalue weighted by Gasteiger charge is -2.28. The molecule has 20 heavy (non-hydrogen) atoms. The van der Waals surface area contributed by atoms with Gasteiger partial charge in [0.25, 0.3) is 0 Å². The van der Waals surface area contributed by atoms with Gasteiger partial charge in [-0.2, -0.15) is 0 Å². The van der Waals surface area contributed by atoms with Crippen LogP contribution < -0.4 is 0 Å². The van der Waals surface area contributed by atoms with E-state index in [0.717, 1.165) is 31.2 Å². The Balaban J connectivity index is 1.89. The normalized spacial score (nSPS) is 22.3. The summed E-state index contributed by atoms with van der Waals surface area (Å²) in [5, 5.41) is 0. The fourth-order valence-electron chi connectivity index (χ4n) is 2.63. The predicted octanol–water partition coefficient (Wildman–Crippen LogP) is 4.11. The van der Waals surface area contributed by atoms with Crippen LogP contribution in [0.15, 0.2) is 30.9 Å². The fourth-order valence-corrected chi connectivity index (χ4v) is 2.63. The van der Waals surface area contributed by atoms with Crippen LogP contribution in [0.25, 0.3) is 0 Å². The van der Waals surface area contributed by atoms with Gasteiger partial charge in [-0.25, -0.2) is 8.78 Å². The molecule has 0 heterocycles. The van der Waals surface area contributed by atoms with E-state index in [1.54, 1.807) is 6.07 Å². The van der Waals surface area contributed by atoms with Gasteiger partial charge in [-0.15, -0.1) is 6.58 Å². The molecule has 0 spiro atoms. The van der Waals surface area contributed by atoms with Crippen LogP contribution in [-0.2, 0) is 9.53 Å². The van der Waals surface area contributed by atoms with Crippen LogP contribution in [0.1, 0.15) is 43.6 Å². The van der Waals surface area contributed by atoms with Crippen LogP contribution in [-0.4, -0.2) is 12.1 Å². The molecule has 0 amide bonds. The summed E-state index contributed by atoms with van der Waals surface area (Å²) >= 11 is 0. The van der Waals surface area contributed by atoms with Gasteiger partial charge in [-0.1, -0.05) is 12.1 Å². The number of rotatable bonds is 4. The first-order chi connectivity index (χ1) is 9.60. The number of benzene rings is 1. The Morgan fingerprint density at radius 2 is 1.95 bits per heavy atom. The van der Waals surface area contributed by atoms with Crippen molar-refractivity contribution in [1.29, 1.82) is 0 Å². The van der Waals surface area contributed by atoms with Crippen molar-refractivity contribution in [2.24, 2.45) is 0 Å². The molecule has 0 saturated heterocycles. The molecule has 1 aliphatic carbocycles. The van der Waals surface area contributed by atoms with Gasteiger partial charge in [0.15, 0.2) is 11.6 Å². The molecule has 0 N–H and O–H groups in total. The second kappa shape index (κ2) is 6.64. The summed E-state index contributed by atoms with van der Waals surface area (Å²) < 4.78 is 31.4. The van der Waals surface area contributed by atoms with Gasteiger partial charge in [0, 0.05) is 0 Å². The highest BCUT2D eigenvalue weighted by Gasteiger charge is 2.25. The molecule has 1 fully saturated rings. The number of ether oxygens (including phenoxy) is 1. The molecule has 2 rings (SSSR count). The zero-order chi connectivity index (χ0) is 14.5. The molecule has 1 saturated carbocycles. The molecule has 0 aromatic heterocycles. The molecule has 4 heteroatoms. The summed E-state index contributed by atoms with van der Waals surface area (Å²) in [7, 11) is 0. The van der Waals surface area contributed by atoms with E-state index in [1.807, 2.05) is 0 Å². The molecule has 1 aromatic rings. The largest absolute Gasteiger partial charge is 0.462 e. The zero-order valence-corrected chi connectivity index (χ0v) is 11.3. The number of halogens is 2. The molecule has 0 atom stereocenters. The van der Waals surface area contributed by atoms with Crippen molar-refractivity contribution in [3.8, 4) is 0 Å². The van der Waals surface area contributed by atoms with E-state index in [-0.39, 0.29) is 24.4 Å². The predicted molar refractivity (Wildman–Crippen MR) is 72.3 cm³/mol. The van der Waals surface area contributed by atoms with Crippen LogP contribution in [0, 0.1) is 11.6 Å². The van der Waals surface area contributed by atoms with Crippen LogP contribution >= 0.6 is 0 Å². The first-order valence-corrected chi connectivity index (χ1v) is 6.85. The lowest BCUT2D eigenvalue weighted by molar-refractivity contribution is -0.149. The Bertz CT molecular complexity index is 491. The summed E-state index contributed by atoms with van der Waals surface area (Å²) in [6.45, 7) is 3.49. The van der Waals surface area contributed by atoms with Crippen LogP contribution in [0.3, 0.4) is 0 Å². The van der Waals surface area contributed by atoms with Crippen LogP contribution in [0.4, 0.5) is 8.78 Å². The smallest absolute Gasteiger partial charge is 0.309 e. The van der Waals surface area contributed by atoms with Gasteiger partial charge in [0.2, 0.25) is 0 Å². The van der Waals surface area contributed by atoms with Gasteiger partial charge in [-0.3, -0.25) is 4.79 Å². The van der Waals surface area contributed by atoms with E-state index in [0.29, 0.717) is 0 Å². The van der Waals surface area contributed by atoms with Crippen molar-refractivity contribution in [1.82, 2.24) is 0 Å². The molecular weight excluding hydrogens is 262 g/mol. The number of carbonyl (C=O) groups is 1. The Morgan fingerprint density at radius 1 is 1.25 bits per heavy atom. The molecule has 108 valence electrons. The Kier molecular flexibility index (Phi) is 4.88. The average Bonchev–Trinajstić information content (AvgIpc) is 2.43. The first kappa shape index (κ1) is 14.7.